The lowest BCUT2D eigenvalue weighted by atomic mass is 10.1. The highest BCUT2D eigenvalue weighted by molar-refractivity contribution is 5.95. The zero-order valence-electron chi connectivity index (χ0n) is 16.4. The van der Waals surface area contributed by atoms with E-state index in [0.29, 0.717) is 33.9 Å². The van der Waals surface area contributed by atoms with Gasteiger partial charge in [-0.1, -0.05) is 18.2 Å². The monoisotopic (exact) mass is 405 g/mol. The summed E-state index contributed by atoms with van der Waals surface area (Å²) in [5.41, 5.74) is 1.99. The van der Waals surface area contributed by atoms with E-state index in [1.165, 1.54) is 17.2 Å². The van der Waals surface area contributed by atoms with E-state index in [1.807, 2.05) is 6.07 Å². The second-order valence-electron chi connectivity index (χ2n) is 6.45. The fraction of sp³-hybridized carbons (Fsp3) is 0.143. The zero-order chi connectivity index (χ0) is 21.1. The van der Waals surface area contributed by atoms with Gasteiger partial charge in [0.05, 0.1) is 44.5 Å². The lowest BCUT2D eigenvalue weighted by Crippen LogP contribution is -2.17. The molecule has 9 nitrogen and oxygen atoms in total. The molecule has 1 amide bonds. The normalized spacial score (nSPS) is 10.7. The molecule has 0 aliphatic carbocycles. The summed E-state index contributed by atoms with van der Waals surface area (Å²) in [7, 11) is 3.11. The van der Waals surface area contributed by atoms with Crippen LogP contribution in [0.15, 0.2) is 59.8 Å². The van der Waals surface area contributed by atoms with Crippen LogP contribution in [0.5, 0.6) is 11.5 Å². The van der Waals surface area contributed by atoms with Crippen molar-refractivity contribution in [3.8, 4) is 17.2 Å². The largest absolute Gasteiger partial charge is 0.497 e. The molecule has 0 bridgehead atoms. The van der Waals surface area contributed by atoms with Gasteiger partial charge < -0.3 is 19.8 Å². The van der Waals surface area contributed by atoms with E-state index in [9.17, 15) is 9.59 Å². The molecule has 0 saturated carbocycles. The molecule has 2 aromatic heterocycles. The highest BCUT2D eigenvalue weighted by Gasteiger charge is 2.15. The van der Waals surface area contributed by atoms with Gasteiger partial charge in [0, 0.05) is 11.6 Å². The molecule has 0 aliphatic rings. The van der Waals surface area contributed by atoms with Crippen molar-refractivity contribution in [1.82, 2.24) is 19.7 Å². The summed E-state index contributed by atoms with van der Waals surface area (Å²) in [6, 6.07) is 12.5. The minimum Gasteiger partial charge on any atom is -0.497 e. The van der Waals surface area contributed by atoms with Crippen molar-refractivity contribution in [2.75, 3.05) is 19.5 Å². The number of hydrogen-bond donors (Lipinski definition) is 2. The van der Waals surface area contributed by atoms with Crippen LogP contribution in [0.3, 0.4) is 0 Å². The Morgan fingerprint density at radius 1 is 1.17 bits per heavy atom. The summed E-state index contributed by atoms with van der Waals surface area (Å²) in [5, 5.41) is 7.54. The molecule has 4 aromatic rings. The summed E-state index contributed by atoms with van der Waals surface area (Å²) < 4.78 is 12.1. The topological polar surface area (TPSA) is 111 Å². The Bertz CT molecular complexity index is 1280. The third-order valence-corrected chi connectivity index (χ3v) is 4.62. The first-order valence-electron chi connectivity index (χ1n) is 9.12. The number of aromatic amines is 1. The average molecular weight is 405 g/mol. The number of methoxy groups -OCH3 is 2. The van der Waals surface area contributed by atoms with Gasteiger partial charge in [0.2, 0.25) is 5.91 Å². The van der Waals surface area contributed by atoms with Crippen molar-refractivity contribution in [3.63, 3.8) is 0 Å². The van der Waals surface area contributed by atoms with Gasteiger partial charge in [-0.3, -0.25) is 9.59 Å². The van der Waals surface area contributed by atoms with Gasteiger partial charge in [0.15, 0.2) is 5.65 Å². The Morgan fingerprint density at radius 2 is 2.00 bits per heavy atom. The lowest BCUT2D eigenvalue weighted by molar-refractivity contribution is -0.115. The van der Waals surface area contributed by atoms with Gasteiger partial charge >= 0.3 is 0 Å². The van der Waals surface area contributed by atoms with Crippen LogP contribution in [0, 0.1) is 0 Å². The standard InChI is InChI=1S/C21H19N5O4/c1-29-14-8-7-13(18(10-14)30-2)9-19(27)25-16-5-3-4-6-17(16)26-20-15(11-24-26)21(28)23-12-22-20/h3-8,10-12H,9H2,1-2H3,(H,25,27)(H,22,23,28). The maximum Gasteiger partial charge on any atom is 0.261 e. The zero-order valence-corrected chi connectivity index (χ0v) is 16.4. The molecule has 30 heavy (non-hydrogen) atoms. The maximum absolute atomic E-state index is 12.7. The van der Waals surface area contributed by atoms with E-state index in [4.69, 9.17) is 9.47 Å². The summed E-state index contributed by atoms with van der Waals surface area (Å²) in [4.78, 5) is 31.4. The van der Waals surface area contributed by atoms with Gasteiger partial charge in [-0.2, -0.15) is 5.10 Å². The van der Waals surface area contributed by atoms with Crippen LogP contribution in [0.25, 0.3) is 16.7 Å². The molecule has 0 spiro atoms. The molecule has 2 N–H and O–H groups in total. The quantitative estimate of drug-likeness (QED) is 0.509. The minimum absolute atomic E-state index is 0.110. The number of carbonyl (C=O) groups excluding carboxylic acids is 1. The maximum atomic E-state index is 12.7. The third-order valence-electron chi connectivity index (χ3n) is 4.62. The second-order valence-corrected chi connectivity index (χ2v) is 6.45. The number of nitrogens with one attached hydrogen (secondary N) is 2. The molecular formula is C21H19N5O4. The molecule has 9 heteroatoms. The first-order chi connectivity index (χ1) is 14.6. The van der Waals surface area contributed by atoms with E-state index in [1.54, 1.807) is 50.6 Å². The molecule has 152 valence electrons. The number of hydrogen-bond acceptors (Lipinski definition) is 6. The summed E-state index contributed by atoms with van der Waals surface area (Å²) in [6.07, 6.45) is 2.88. The number of rotatable bonds is 6. The number of ether oxygens (including phenoxy) is 2. The summed E-state index contributed by atoms with van der Waals surface area (Å²) in [5.74, 6) is 0.988. The fourth-order valence-corrected chi connectivity index (χ4v) is 3.16. The predicted molar refractivity (Wildman–Crippen MR) is 111 cm³/mol. The summed E-state index contributed by atoms with van der Waals surface area (Å²) in [6.45, 7) is 0. The van der Waals surface area contributed by atoms with Crippen LogP contribution < -0.4 is 20.3 Å². The molecule has 0 fully saturated rings. The molecule has 0 unspecified atom stereocenters. The van der Waals surface area contributed by atoms with Crippen molar-refractivity contribution in [2.24, 2.45) is 0 Å². The van der Waals surface area contributed by atoms with Crippen LogP contribution in [0.4, 0.5) is 5.69 Å². The Morgan fingerprint density at radius 3 is 2.80 bits per heavy atom. The van der Waals surface area contributed by atoms with E-state index in [-0.39, 0.29) is 17.9 Å². The number of H-pyrrole nitrogens is 1. The Kier molecular flexibility index (Phi) is 5.17. The Balaban J connectivity index is 1.63. The third kappa shape index (κ3) is 3.60. The molecule has 2 aromatic carbocycles. The first-order valence-corrected chi connectivity index (χ1v) is 9.12. The number of amides is 1. The number of fused-ring (bicyclic) bond motifs is 1. The smallest absolute Gasteiger partial charge is 0.261 e. The lowest BCUT2D eigenvalue weighted by Gasteiger charge is -2.13. The van der Waals surface area contributed by atoms with Gasteiger partial charge in [0.25, 0.3) is 5.56 Å². The molecular weight excluding hydrogens is 386 g/mol. The summed E-state index contributed by atoms with van der Waals surface area (Å²) >= 11 is 0. The van der Waals surface area contributed by atoms with Gasteiger partial charge in [-0.25, -0.2) is 9.67 Å². The molecule has 0 radical (unpaired) electrons. The number of nitrogens with zero attached hydrogens (tertiary/aromatic N) is 3. The van der Waals surface area contributed by atoms with Gasteiger partial charge in [0.1, 0.15) is 16.9 Å². The van der Waals surface area contributed by atoms with E-state index >= 15 is 0 Å². The Labute approximate surface area is 171 Å². The van der Waals surface area contributed by atoms with Crippen molar-refractivity contribution in [2.45, 2.75) is 6.42 Å². The molecule has 4 rings (SSSR count). The first kappa shape index (κ1) is 19.2. The van der Waals surface area contributed by atoms with Gasteiger partial charge in [-0.15, -0.1) is 0 Å². The number of aromatic nitrogens is 4. The van der Waals surface area contributed by atoms with Crippen molar-refractivity contribution < 1.29 is 14.3 Å². The predicted octanol–water partition coefficient (Wildman–Crippen LogP) is 2.31. The van der Waals surface area contributed by atoms with Crippen LogP contribution in [-0.4, -0.2) is 39.9 Å². The van der Waals surface area contributed by atoms with E-state index in [2.05, 4.69) is 20.4 Å². The average Bonchev–Trinajstić information content (AvgIpc) is 3.19. The van der Waals surface area contributed by atoms with Crippen LogP contribution in [0.1, 0.15) is 5.56 Å². The van der Waals surface area contributed by atoms with Crippen LogP contribution in [-0.2, 0) is 11.2 Å². The van der Waals surface area contributed by atoms with Crippen LogP contribution >= 0.6 is 0 Å². The number of carbonyl (C=O) groups is 1. The molecule has 0 aliphatic heterocycles. The Hall–Kier alpha value is -4.14. The highest BCUT2D eigenvalue weighted by Crippen LogP contribution is 2.26. The minimum atomic E-state index is -0.278. The van der Waals surface area contributed by atoms with Crippen molar-refractivity contribution >= 4 is 22.6 Å². The second kappa shape index (κ2) is 8.08. The number of para-hydroxylation sites is 2. The number of benzene rings is 2. The van der Waals surface area contributed by atoms with E-state index < -0.39 is 0 Å². The SMILES string of the molecule is COc1ccc(CC(=O)Nc2ccccc2-n2ncc3c(=O)[nH]cnc32)c(OC)c1. The fourth-order valence-electron chi connectivity index (χ4n) is 3.16. The van der Waals surface area contributed by atoms with E-state index in [0.717, 1.165) is 5.56 Å². The highest BCUT2D eigenvalue weighted by atomic mass is 16.5. The molecule has 0 saturated heterocycles. The van der Waals surface area contributed by atoms with Crippen molar-refractivity contribution in [3.05, 3.63) is 70.9 Å². The van der Waals surface area contributed by atoms with Gasteiger partial charge in [-0.05, 0) is 18.2 Å². The van der Waals surface area contributed by atoms with Crippen molar-refractivity contribution in [1.29, 1.82) is 0 Å². The van der Waals surface area contributed by atoms with Crippen LogP contribution in [0.2, 0.25) is 0 Å². The molecule has 2 heterocycles. The molecule has 0 atom stereocenters. The number of anilines is 1.